The maximum Gasteiger partial charge on any atom is 0.344 e. The lowest BCUT2D eigenvalue weighted by atomic mass is 10.1. The zero-order valence-electron chi connectivity index (χ0n) is 14.7. The summed E-state index contributed by atoms with van der Waals surface area (Å²) in [6.07, 6.45) is 1.89. The molecule has 0 aliphatic rings. The number of esters is 1. The SMILES string of the molecule is CCC[C@H](C)NC(=O)COC(=O)COc1c(C)cc(C)cc1C. The molecule has 0 heterocycles. The zero-order valence-corrected chi connectivity index (χ0v) is 14.7. The maximum absolute atomic E-state index is 11.7. The summed E-state index contributed by atoms with van der Waals surface area (Å²) < 4.78 is 10.5. The maximum atomic E-state index is 11.7. The highest BCUT2D eigenvalue weighted by molar-refractivity contribution is 5.81. The fourth-order valence-electron chi connectivity index (χ4n) is 2.53. The molecule has 23 heavy (non-hydrogen) atoms. The van der Waals surface area contributed by atoms with Crippen molar-refractivity contribution in [1.29, 1.82) is 0 Å². The van der Waals surface area contributed by atoms with Gasteiger partial charge in [-0.1, -0.05) is 31.0 Å². The minimum Gasteiger partial charge on any atom is -0.481 e. The third-order valence-corrected chi connectivity index (χ3v) is 3.43. The van der Waals surface area contributed by atoms with E-state index in [1.807, 2.05) is 39.8 Å². The summed E-state index contributed by atoms with van der Waals surface area (Å²) in [6.45, 7) is 9.37. The van der Waals surface area contributed by atoms with E-state index in [1.54, 1.807) is 0 Å². The van der Waals surface area contributed by atoms with Crippen LogP contribution in [0.3, 0.4) is 0 Å². The zero-order chi connectivity index (χ0) is 17.4. The van der Waals surface area contributed by atoms with Crippen LogP contribution in [0, 0.1) is 20.8 Å². The lowest BCUT2D eigenvalue weighted by Crippen LogP contribution is -2.36. The standard InChI is InChI=1S/C18H27NO4/c1-6-7-15(5)19-16(20)10-22-17(21)11-23-18-13(3)8-12(2)9-14(18)4/h8-9,15H,6-7,10-11H2,1-5H3,(H,19,20)/t15-/m0/s1. The van der Waals surface area contributed by atoms with Crippen molar-refractivity contribution in [2.45, 2.75) is 53.5 Å². The first-order valence-electron chi connectivity index (χ1n) is 7.99. The van der Waals surface area contributed by atoms with Crippen molar-refractivity contribution in [2.75, 3.05) is 13.2 Å². The van der Waals surface area contributed by atoms with E-state index in [0.717, 1.165) is 29.5 Å². The Morgan fingerprint density at radius 2 is 1.74 bits per heavy atom. The van der Waals surface area contributed by atoms with Crippen LogP contribution in [0.2, 0.25) is 0 Å². The molecule has 0 unspecified atom stereocenters. The van der Waals surface area contributed by atoms with Crippen LogP contribution >= 0.6 is 0 Å². The van der Waals surface area contributed by atoms with Gasteiger partial charge in [0.2, 0.25) is 0 Å². The molecule has 0 aliphatic heterocycles. The summed E-state index contributed by atoms with van der Waals surface area (Å²) in [5.74, 6) is -0.154. The van der Waals surface area contributed by atoms with E-state index < -0.39 is 5.97 Å². The molecule has 0 aromatic heterocycles. The number of hydrogen-bond acceptors (Lipinski definition) is 4. The Labute approximate surface area is 138 Å². The second-order valence-corrected chi connectivity index (χ2v) is 5.93. The number of ether oxygens (including phenoxy) is 2. The molecule has 128 valence electrons. The molecule has 1 amide bonds. The molecule has 0 saturated carbocycles. The summed E-state index contributed by atoms with van der Waals surface area (Å²) in [7, 11) is 0. The van der Waals surface area contributed by atoms with Crippen molar-refractivity contribution >= 4 is 11.9 Å². The van der Waals surface area contributed by atoms with Crippen LogP contribution in [0.1, 0.15) is 43.4 Å². The smallest absolute Gasteiger partial charge is 0.344 e. The predicted molar refractivity (Wildman–Crippen MR) is 89.6 cm³/mol. The normalized spacial score (nSPS) is 11.7. The molecule has 0 radical (unpaired) electrons. The molecule has 0 spiro atoms. The molecule has 5 nitrogen and oxygen atoms in total. The van der Waals surface area contributed by atoms with Crippen LogP contribution in [0.15, 0.2) is 12.1 Å². The van der Waals surface area contributed by atoms with Gasteiger partial charge in [-0.2, -0.15) is 0 Å². The fourth-order valence-corrected chi connectivity index (χ4v) is 2.53. The van der Waals surface area contributed by atoms with Gasteiger partial charge in [-0.25, -0.2) is 4.79 Å². The Kier molecular flexibility index (Phi) is 7.59. The van der Waals surface area contributed by atoms with Gasteiger partial charge in [0.15, 0.2) is 13.2 Å². The third kappa shape index (κ3) is 6.72. The largest absolute Gasteiger partial charge is 0.481 e. The van der Waals surface area contributed by atoms with Crippen molar-refractivity contribution in [2.24, 2.45) is 0 Å². The number of carbonyl (C=O) groups excluding carboxylic acids is 2. The Morgan fingerprint density at radius 3 is 2.30 bits per heavy atom. The van der Waals surface area contributed by atoms with Gasteiger partial charge in [0.1, 0.15) is 5.75 Å². The Balaban J connectivity index is 2.39. The lowest BCUT2D eigenvalue weighted by Gasteiger charge is -2.14. The molecule has 0 aliphatic carbocycles. The van der Waals surface area contributed by atoms with Crippen molar-refractivity contribution < 1.29 is 19.1 Å². The van der Waals surface area contributed by atoms with Gasteiger partial charge in [0.05, 0.1) is 0 Å². The molecular formula is C18H27NO4. The van der Waals surface area contributed by atoms with Crippen LogP contribution in [0.4, 0.5) is 0 Å². The van der Waals surface area contributed by atoms with Crippen molar-refractivity contribution in [3.8, 4) is 5.75 Å². The number of carbonyl (C=O) groups is 2. The van der Waals surface area contributed by atoms with Gasteiger partial charge in [0, 0.05) is 6.04 Å². The average molecular weight is 321 g/mol. The molecule has 1 rings (SSSR count). The van der Waals surface area contributed by atoms with Gasteiger partial charge in [-0.3, -0.25) is 4.79 Å². The van der Waals surface area contributed by atoms with Crippen molar-refractivity contribution in [1.82, 2.24) is 5.32 Å². The van der Waals surface area contributed by atoms with E-state index in [9.17, 15) is 9.59 Å². The van der Waals surface area contributed by atoms with E-state index >= 15 is 0 Å². The summed E-state index contributed by atoms with van der Waals surface area (Å²) in [6, 6.07) is 4.08. The van der Waals surface area contributed by atoms with Crippen LogP contribution < -0.4 is 10.1 Å². The Morgan fingerprint density at radius 1 is 1.13 bits per heavy atom. The van der Waals surface area contributed by atoms with Crippen LogP contribution in [-0.2, 0) is 14.3 Å². The highest BCUT2D eigenvalue weighted by Crippen LogP contribution is 2.24. The minimum absolute atomic E-state index is 0.0836. The molecule has 0 fully saturated rings. The van der Waals surface area contributed by atoms with Gasteiger partial charge >= 0.3 is 5.97 Å². The summed E-state index contributed by atoms with van der Waals surface area (Å²) in [5.41, 5.74) is 3.09. The molecule has 1 aromatic rings. The third-order valence-electron chi connectivity index (χ3n) is 3.43. The monoisotopic (exact) mass is 321 g/mol. The quantitative estimate of drug-likeness (QED) is 0.748. The number of nitrogens with one attached hydrogen (secondary N) is 1. The molecule has 1 atom stereocenters. The topological polar surface area (TPSA) is 64.6 Å². The minimum atomic E-state index is -0.553. The molecular weight excluding hydrogens is 294 g/mol. The summed E-state index contributed by atoms with van der Waals surface area (Å²) in [4.78, 5) is 23.3. The lowest BCUT2D eigenvalue weighted by molar-refractivity contribution is -0.150. The van der Waals surface area contributed by atoms with Gasteiger partial charge < -0.3 is 14.8 Å². The number of aryl methyl sites for hydroxylation is 3. The van der Waals surface area contributed by atoms with Gasteiger partial charge in [-0.15, -0.1) is 0 Å². The first kappa shape index (κ1) is 19.0. The highest BCUT2D eigenvalue weighted by Gasteiger charge is 2.12. The van der Waals surface area contributed by atoms with Gasteiger partial charge in [0.25, 0.3) is 5.91 Å². The summed E-state index contributed by atoms with van der Waals surface area (Å²) in [5, 5.41) is 2.78. The van der Waals surface area contributed by atoms with Gasteiger partial charge in [-0.05, 0) is 45.2 Å². The average Bonchev–Trinajstić information content (AvgIpc) is 2.44. The molecule has 5 heteroatoms. The molecule has 1 N–H and O–H groups in total. The van der Waals surface area contributed by atoms with Crippen LogP contribution in [-0.4, -0.2) is 31.1 Å². The number of amides is 1. The van der Waals surface area contributed by atoms with Crippen molar-refractivity contribution in [3.63, 3.8) is 0 Å². The number of benzene rings is 1. The van der Waals surface area contributed by atoms with E-state index in [-0.39, 0.29) is 25.2 Å². The first-order chi connectivity index (χ1) is 10.8. The highest BCUT2D eigenvalue weighted by atomic mass is 16.6. The van der Waals surface area contributed by atoms with Crippen molar-refractivity contribution in [3.05, 3.63) is 28.8 Å². The van der Waals surface area contributed by atoms with Crippen LogP contribution in [0.5, 0.6) is 5.75 Å². The fraction of sp³-hybridized carbons (Fsp3) is 0.556. The molecule has 0 saturated heterocycles. The first-order valence-corrected chi connectivity index (χ1v) is 7.99. The second kappa shape index (κ2) is 9.18. The molecule has 1 aromatic carbocycles. The van der Waals surface area contributed by atoms with E-state index in [2.05, 4.69) is 12.2 Å². The van der Waals surface area contributed by atoms with E-state index in [0.29, 0.717) is 5.75 Å². The summed E-state index contributed by atoms with van der Waals surface area (Å²) >= 11 is 0. The Hall–Kier alpha value is -2.04. The number of rotatable bonds is 8. The molecule has 0 bridgehead atoms. The van der Waals surface area contributed by atoms with Crippen LogP contribution in [0.25, 0.3) is 0 Å². The van der Waals surface area contributed by atoms with E-state index in [1.165, 1.54) is 0 Å². The second-order valence-electron chi connectivity index (χ2n) is 5.93. The number of hydrogen-bond donors (Lipinski definition) is 1. The predicted octanol–water partition coefficient (Wildman–Crippen LogP) is 2.84. The Bertz CT molecular complexity index is 531. The van der Waals surface area contributed by atoms with E-state index in [4.69, 9.17) is 9.47 Å².